The lowest BCUT2D eigenvalue weighted by molar-refractivity contribution is -0.133. The average Bonchev–Trinajstić information content (AvgIpc) is 3.37. The molecule has 7 nitrogen and oxygen atoms in total. The van der Waals surface area contributed by atoms with Crippen LogP contribution in [-0.4, -0.2) is 40.5 Å². The summed E-state index contributed by atoms with van der Waals surface area (Å²) in [5.41, 5.74) is 2.48. The zero-order chi connectivity index (χ0) is 26.3. The first-order valence-electron chi connectivity index (χ1n) is 13.2. The fourth-order valence-corrected chi connectivity index (χ4v) is 5.39. The highest BCUT2D eigenvalue weighted by Gasteiger charge is 2.38. The van der Waals surface area contributed by atoms with Crippen molar-refractivity contribution in [3.05, 3.63) is 59.2 Å². The number of carbonyl (C=O) groups is 2. The van der Waals surface area contributed by atoms with Gasteiger partial charge in [-0.3, -0.25) is 9.59 Å². The van der Waals surface area contributed by atoms with Crippen molar-refractivity contribution in [1.82, 2.24) is 20.6 Å². The van der Waals surface area contributed by atoms with Gasteiger partial charge in [-0.25, -0.2) is 9.37 Å². The molecule has 1 aliphatic carbocycles. The molecule has 0 spiro atoms. The molecule has 0 saturated heterocycles. The van der Waals surface area contributed by atoms with E-state index >= 15 is 0 Å². The van der Waals surface area contributed by atoms with Gasteiger partial charge < -0.3 is 20.4 Å². The van der Waals surface area contributed by atoms with Crippen LogP contribution in [0.5, 0.6) is 5.75 Å². The SMILES string of the molecule is CCNC(=O)[C@H](NC(=O)C(C)(C)c1ccc2nc(C[C@H]3c4cc(F)ccc4OC3C)[nH]c2c1)C1CCC1. The lowest BCUT2D eigenvalue weighted by atomic mass is 9.78. The number of amides is 2. The third-order valence-corrected chi connectivity index (χ3v) is 8.03. The van der Waals surface area contributed by atoms with Crippen LogP contribution in [0.15, 0.2) is 36.4 Å². The molecule has 3 aromatic rings. The highest BCUT2D eigenvalue weighted by Crippen LogP contribution is 2.40. The minimum Gasteiger partial charge on any atom is -0.490 e. The Bertz CT molecular complexity index is 1330. The Hall–Kier alpha value is -3.42. The second kappa shape index (κ2) is 9.80. The molecule has 3 N–H and O–H groups in total. The summed E-state index contributed by atoms with van der Waals surface area (Å²) in [6, 6.07) is 9.92. The first-order chi connectivity index (χ1) is 17.7. The van der Waals surface area contributed by atoms with Crippen molar-refractivity contribution in [3.8, 4) is 5.75 Å². The van der Waals surface area contributed by atoms with E-state index in [1.54, 1.807) is 12.1 Å². The van der Waals surface area contributed by atoms with Gasteiger partial charge in [0.2, 0.25) is 11.8 Å². The van der Waals surface area contributed by atoms with Gasteiger partial charge >= 0.3 is 0 Å². The summed E-state index contributed by atoms with van der Waals surface area (Å²) < 4.78 is 19.8. The van der Waals surface area contributed by atoms with Crippen molar-refractivity contribution in [2.24, 2.45) is 5.92 Å². The highest BCUT2D eigenvalue weighted by atomic mass is 19.1. The van der Waals surface area contributed by atoms with E-state index in [4.69, 9.17) is 9.72 Å². The molecule has 5 rings (SSSR count). The Morgan fingerprint density at radius 2 is 2.00 bits per heavy atom. The molecule has 0 radical (unpaired) electrons. The number of hydrogen-bond acceptors (Lipinski definition) is 4. The molecule has 3 atom stereocenters. The number of likely N-dealkylation sites (N-methyl/N-ethyl adjacent to an activating group) is 1. The van der Waals surface area contributed by atoms with E-state index in [2.05, 4.69) is 15.6 Å². The minimum absolute atomic E-state index is 0.00865. The molecule has 2 amide bonds. The largest absolute Gasteiger partial charge is 0.490 e. The second-order valence-electron chi connectivity index (χ2n) is 10.9. The van der Waals surface area contributed by atoms with Gasteiger partial charge in [-0.05, 0) is 82.3 Å². The quantitative estimate of drug-likeness (QED) is 0.419. The number of nitrogens with zero attached hydrogens (tertiary/aromatic N) is 1. The molecule has 1 saturated carbocycles. The van der Waals surface area contributed by atoms with E-state index in [0.29, 0.717) is 13.0 Å². The summed E-state index contributed by atoms with van der Waals surface area (Å²) in [4.78, 5) is 34.2. The van der Waals surface area contributed by atoms with Gasteiger partial charge in [0.25, 0.3) is 0 Å². The number of nitrogens with one attached hydrogen (secondary N) is 3. The number of carbonyl (C=O) groups excluding carboxylic acids is 2. The first kappa shape index (κ1) is 25.2. The average molecular weight is 507 g/mol. The summed E-state index contributed by atoms with van der Waals surface area (Å²) in [7, 11) is 0. The van der Waals surface area contributed by atoms with Crippen molar-refractivity contribution >= 4 is 22.8 Å². The van der Waals surface area contributed by atoms with Crippen LogP contribution in [-0.2, 0) is 21.4 Å². The number of aromatic amines is 1. The topological polar surface area (TPSA) is 96.1 Å². The first-order valence-corrected chi connectivity index (χ1v) is 13.2. The van der Waals surface area contributed by atoms with Crippen molar-refractivity contribution in [3.63, 3.8) is 0 Å². The van der Waals surface area contributed by atoms with E-state index in [0.717, 1.165) is 53.0 Å². The standard InChI is InChI=1S/C29H35FN4O3/c1-5-31-27(35)26(17-7-6-8-17)34-28(36)29(3,4)18-9-11-22-23(13-18)33-25(32-22)15-20-16(2)37-24-12-10-19(30)14-21(20)24/h9-14,16-17,20,26H,5-8,15H2,1-4H3,(H,31,35)(H,32,33)(H,34,36)/t16?,20-,26-/m1/s1. The maximum atomic E-state index is 13.9. The molecule has 1 aliphatic heterocycles. The lowest BCUT2D eigenvalue weighted by Gasteiger charge is -2.35. The van der Waals surface area contributed by atoms with E-state index in [1.807, 2.05) is 45.9 Å². The van der Waals surface area contributed by atoms with E-state index < -0.39 is 11.5 Å². The third kappa shape index (κ3) is 4.81. The molecule has 1 fully saturated rings. The molecule has 1 aromatic heterocycles. The van der Waals surface area contributed by atoms with E-state index in [9.17, 15) is 14.0 Å². The van der Waals surface area contributed by atoms with Gasteiger partial charge in [0.15, 0.2) is 0 Å². The molecule has 0 bridgehead atoms. The van der Waals surface area contributed by atoms with Crippen LogP contribution in [0, 0.1) is 11.7 Å². The predicted molar refractivity (Wildman–Crippen MR) is 140 cm³/mol. The fourth-order valence-electron chi connectivity index (χ4n) is 5.39. The van der Waals surface area contributed by atoms with Gasteiger partial charge in [0, 0.05) is 24.4 Å². The van der Waals surface area contributed by atoms with Crippen LogP contribution < -0.4 is 15.4 Å². The van der Waals surface area contributed by atoms with Gasteiger partial charge in [-0.2, -0.15) is 0 Å². The second-order valence-corrected chi connectivity index (χ2v) is 10.9. The number of hydrogen-bond donors (Lipinski definition) is 3. The minimum atomic E-state index is -0.849. The van der Waals surface area contributed by atoms with Crippen molar-refractivity contribution in [2.45, 2.75) is 76.9 Å². The number of ether oxygens (including phenoxy) is 1. The van der Waals surface area contributed by atoms with Crippen molar-refractivity contribution < 1.29 is 18.7 Å². The summed E-state index contributed by atoms with van der Waals surface area (Å²) in [6.07, 6.45) is 3.49. The zero-order valence-electron chi connectivity index (χ0n) is 21.9. The molecule has 37 heavy (non-hydrogen) atoms. The highest BCUT2D eigenvalue weighted by molar-refractivity contribution is 5.93. The van der Waals surface area contributed by atoms with Gasteiger partial charge in [-0.15, -0.1) is 0 Å². The molecular formula is C29H35FN4O3. The Morgan fingerprint density at radius 3 is 2.70 bits per heavy atom. The maximum Gasteiger partial charge on any atom is 0.242 e. The molecule has 2 aromatic carbocycles. The monoisotopic (exact) mass is 506 g/mol. The number of benzene rings is 2. The summed E-state index contributed by atoms with van der Waals surface area (Å²) in [6.45, 7) is 8.15. The van der Waals surface area contributed by atoms with Crippen LogP contribution in [0.2, 0.25) is 0 Å². The summed E-state index contributed by atoms with van der Waals surface area (Å²) in [5.74, 6) is 1.12. The Labute approximate surface area is 216 Å². The van der Waals surface area contributed by atoms with Crippen LogP contribution in [0.25, 0.3) is 11.0 Å². The Morgan fingerprint density at radius 1 is 1.22 bits per heavy atom. The molecule has 196 valence electrons. The number of imidazole rings is 1. The molecule has 8 heteroatoms. The normalized spacial score (nSPS) is 20.1. The smallest absolute Gasteiger partial charge is 0.242 e. The maximum absolute atomic E-state index is 13.9. The number of H-pyrrole nitrogens is 1. The molecule has 1 unspecified atom stereocenters. The Balaban J connectivity index is 1.35. The molecule has 2 heterocycles. The summed E-state index contributed by atoms with van der Waals surface area (Å²) >= 11 is 0. The van der Waals surface area contributed by atoms with Crippen molar-refractivity contribution in [1.29, 1.82) is 0 Å². The van der Waals surface area contributed by atoms with E-state index in [1.165, 1.54) is 6.07 Å². The van der Waals surface area contributed by atoms with Crippen LogP contribution in [0.1, 0.15) is 69.8 Å². The van der Waals surface area contributed by atoms with Crippen LogP contribution in [0.3, 0.4) is 0 Å². The predicted octanol–water partition coefficient (Wildman–Crippen LogP) is 4.51. The van der Waals surface area contributed by atoms with Gasteiger partial charge in [-0.1, -0.05) is 12.5 Å². The lowest BCUT2D eigenvalue weighted by Crippen LogP contribution is -2.55. The van der Waals surface area contributed by atoms with Gasteiger partial charge in [0.1, 0.15) is 29.5 Å². The van der Waals surface area contributed by atoms with Crippen LogP contribution in [0.4, 0.5) is 4.39 Å². The number of rotatable bonds is 8. The zero-order valence-corrected chi connectivity index (χ0v) is 21.9. The van der Waals surface area contributed by atoms with Gasteiger partial charge in [0.05, 0.1) is 16.4 Å². The van der Waals surface area contributed by atoms with E-state index in [-0.39, 0.29) is 35.6 Å². The van der Waals surface area contributed by atoms with Crippen LogP contribution >= 0.6 is 0 Å². The number of aromatic nitrogens is 2. The molecular weight excluding hydrogens is 471 g/mol. The third-order valence-electron chi connectivity index (χ3n) is 8.03. The number of fused-ring (bicyclic) bond motifs is 2. The number of halogens is 1. The fraction of sp³-hybridized carbons (Fsp3) is 0.483. The molecule has 2 aliphatic rings. The Kier molecular flexibility index (Phi) is 6.68. The summed E-state index contributed by atoms with van der Waals surface area (Å²) in [5, 5.41) is 5.90. The van der Waals surface area contributed by atoms with Crippen molar-refractivity contribution in [2.75, 3.05) is 6.54 Å².